The van der Waals surface area contributed by atoms with Gasteiger partial charge in [-0.25, -0.2) is 0 Å². The van der Waals surface area contributed by atoms with Crippen LogP contribution in [-0.2, 0) is 0 Å². The molecule has 0 aliphatic heterocycles. The molecule has 4 heteroatoms. The molecule has 0 radical (unpaired) electrons. The van der Waals surface area contributed by atoms with Crippen molar-refractivity contribution in [1.29, 1.82) is 0 Å². The number of aliphatic hydroxyl groups excluding tert-OH is 2. The second kappa shape index (κ2) is 4.25. The summed E-state index contributed by atoms with van der Waals surface area (Å²) in [6.45, 7) is 3.54. The number of hydrogen-bond acceptors (Lipinski definition) is 4. The van der Waals surface area contributed by atoms with E-state index in [0.29, 0.717) is 0 Å². The van der Waals surface area contributed by atoms with E-state index in [9.17, 15) is 20.4 Å². The van der Waals surface area contributed by atoms with Crippen LogP contribution >= 0.6 is 0 Å². The third kappa shape index (κ3) is 2.11. The van der Waals surface area contributed by atoms with Crippen molar-refractivity contribution in [2.75, 3.05) is 0 Å². The van der Waals surface area contributed by atoms with Gasteiger partial charge in [0.05, 0.1) is 11.2 Å². The molecule has 0 aromatic heterocycles. The molecule has 0 fully saturated rings. The third-order valence-electron chi connectivity index (χ3n) is 4.47. The molecule has 0 aromatic rings. The van der Waals surface area contributed by atoms with Gasteiger partial charge in [-0.1, -0.05) is 13.8 Å². The fraction of sp³-hybridized carbons (Fsp3) is 0.467. The molecule has 4 N–H and O–H groups in total. The van der Waals surface area contributed by atoms with E-state index in [1.165, 1.54) is 36.5 Å². The predicted molar refractivity (Wildman–Crippen MR) is 72.6 cm³/mol. The number of aliphatic hydroxyl groups is 4. The summed E-state index contributed by atoms with van der Waals surface area (Å²) in [4.78, 5) is 0. The van der Waals surface area contributed by atoms with E-state index in [4.69, 9.17) is 0 Å². The van der Waals surface area contributed by atoms with Gasteiger partial charge in [-0.3, -0.25) is 0 Å². The van der Waals surface area contributed by atoms with Gasteiger partial charge in [0.25, 0.3) is 0 Å². The van der Waals surface area contributed by atoms with Gasteiger partial charge in [0.2, 0.25) is 0 Å². The topological polar surface area (TPSA) is 80.9 Å². The smallest absolute Gasteiger partial charge is 0.111 e. The Labute approximate surface area is 112 Å². The maximum absolute atomic E-state index is 10.8. The lowest BCUT2D eigenvalue weighted by Gasteiger charge is -2.50. The molecule has 2 aliphatic carbocycles. The quantitative estimate of drug-likeness (QED) is 0.617. The van der Waals surface area contributed by atoms with E-state index in [1.807, 2.05) is 0 Å². The largest absolute Gasteiger partial charge is 0.508 e. The highest BCUT2D eigenvalue weighted by atomic mass is 16.3. The van der Waals surface area contributed by atoms with Gasteiger partial charge in [-0.15, -0.1) is 0 Å². The third-order valence-corrected chi connectivity index (χ3v) is 4.47. The minimum atomic E-state index is -1.26. The van der Waals surface area contributed by atoms with Gasteiger partial charge < -0.3 is 20.4 Å². The van der Waals surface area contributed by atoms with Crippen LogP contribution in [0, 0.1) is 5.41 Å². The number of rotatable bonds is 2. The molecule has 2 rings (SSSR count). The molecule has 0 saturated heterocycles. The highest BCUT2D eigenvalue weighted by Crippen LogP contribution is 2.48. The highest BCUT2D eigenvalue weighted by Gasteiger charge is 2.54. The number of allylic oxidation sites excluding steroid dienone is 2. The molecule has 2 atom stereocenters. The van der Waals surface area contributed by atoms with E-state index < -0.39 is 16.6 Å². The first-order valence-electron chi connectivity index (χ1n) is 6.32. The molecule has 19 heavy (non-hydrogen) atoms. The molecule has 4 nitrogen and oxygen atoms in total. The minimum absolute atomic E-state index is 0.115. The van der Waals surface area contributed by atoms with E-state index >= 15 is 0 Å². The van der Waals surface area contributed by atoms with E-state index in [-0.39, 0.29) is 24.4 Å². The van der Waals surface area contributed by atoms with Gasteiger partial charge in [-0.2, -0.15) is 0 Å². The van der Waals surface area contributed by atoms with Crippen LogP contribution in [0.1, 0.15) is 26.7 Å². The Morgan fingerprint density at radius 1 is 0.895 bits per heavy atom. The maximum Gasteiger partial charge on any atom is 0.111 e. The van der Waals surface area contributed by atoms with Crippen molar-refractivity contribution in [1.82, 2.24) is 0 Å². The molecule has 0 amide bonds. The summed E-state index contributed by atoms with van der Waals surface area (Å²) in [6, 6.07) is 0. The van der Waals surface area contributed by atoms with E-state index in [1.54, 1.807) is 13.8 Å². The van der Waals surface area contributed by atoms with Crippen LogP contribution in [0.4, 0.5) is 0 Å². The summed E-state index contributed by atoms with van der Waals surface area (Å²) in [7, 11) is 0. The Morgan fingerprint density at radius 3 is 1.53 bits per heavy atom. The van der Waals surface area contributed by atoms with Crippen LogP contribution in [-0.4, -0.2) is 31.6 Å². The molecule has 104 valence electrons. The summed E-state index contributed by atoms with van der Waals surface area (Å²) in [6.07, 6.45) is 9.44. The lowest BCUT2D eigenvalue weighted by molar-refractivity contribution is -0.133. The standard InChI is InChI=1S/C15H20O4/c1-13(2,14(18)7-3-11(16)4-8-14)15(19)9-5-12(17)6-10-15/h3-7,9,16-19H,8,10H2,1-2H3. The molecule has 2 unspecified atom stereocenters. The average Bonchev–Trinajstić information content (AvgIpc) is 2.36. The van der Waals surface area contributed by atoms with Crippen molar-refractivity contribution in [3.8, 4) is 0 Å². The van der Waals surface area contributed by atoms with Crippen LogP contribution in [0.15, 0.2) is 48.0 Å². The monoisotopic (exact) mass is 264 g/mol. The first-order valence-corrected chi connectivity index (χ1v) is 6.32. The summed E-state index contributed by atoms with van der Waals surface area (Å²) in [5.74, 6) is 0.230. The van der Waals surface area contributed by atoms with Crippen molar-refractivity contribution in [3.05, 3.63) is 48.0 Å². The lowest BCUT2D eigenvalue weighted by Crippen LogP contribution is -2.57. The molecule has 2 aliphatic rings. The lowest BCUT2D eigenvalue weighted by atomic mass is 9.60. The second-order valence-electron chi connectivity index (χ2n) is 5.81. The first kappa shape index (κ1) is 13.9. The summed E-state index contributed by atoms with van der Waals surface area (Å²) in [5, 5.41) is 40.3. The Hall–Kier alpha value is -1.52. The maximum atomic E-state index is 10.8. The van der Waals surface area contributed by atoms with Crippen LogP contribution < -0.4 is 0 Å². The normalized spacial score (nSPS) is 34.9. The molecule has 0 aromatic carbocycles. The van der Waals surface area contributed by atoms with Gasteiger partial charge in [0.1, 0.15) is 11.5 Å². The molecular weight excluding hydrogens is 244 g/mol. The molecular formula is C15H20O4. The zero-order valence-electron chi connectivity index (χ0n) is 11.2. The second-order valence-corrected chi connectivity index (χ2v) is 5.81. The molecule has 0 saturated carbocycles. The Bertz CT molecular complexity index is 454. The number of hydrogen-bond donors (Lipinski definition) is 4. The minimum Gasteiger partial charge on any atom is -0.508 e. The van der Waals surface area contributed by atoms with Crippen molar-refractivity contribution >= 4 is 0 Å². The van der Waals surface area contributed by atoms with Crippen LogP contribution in [0.2, 0.25) is 0 Å². The van der Waals surface area contributed by atoms with Crippen molar-refractivity contribution in [3.63, 3.8) is 0 Å². The zero-order chi connectivity index (χ0) is 14.3. The van der Waals surface area contributed by atoms with Crippen molar-refractivity contribution in [2.45, 2.75) is 37.9 Å². The molecule has 0 heterocycles. The Balaban J connectivity index is 2.33. The molecule has 0 bridgehead atoms. The fourth-order valence-corrected chi connectivity index (χ4v) is 2.54. The van der Waals surface area contributed by atoms with E-state index in [0.717, 1.165) is 0 Å². The predicted octanol–water partition coefficient (Wildman–Crippen LogP) is 2.28. The fourth-order valence-electron chi connectivity index (χ4n) is 2.54. The summed E-state index contributed by atoms with van der Waals surface area (Å²) in [5.41, 5.74) is -3.42. The zero-order valence-corrected chi connectivity index (χ0v) is 11.2. The van der Waals surface area contributed by atoms with Gasteiger partial charge >= 0.3 is 0 Å². The average molecular weight is 264 g/mol. The highest BCUT2D eigenvalue weighted by molar-refractivity contribution is 5.32. The summed E-state index contributed by atoms with van der Waals surface area (Å²) >= 11 is 0. The first-order chi connectivity index (χ1) is 8.70. The van der Waals surface area contributed by atoms with Crippen LogP contribution in [0.25, 0.3) is 0 Å². The van der Waals surface area contributed by atoms with Gasteiger partial charge in [-0.05, 0) is 36.5 Å². The van der Waals surface area contributed by atoms with Gasteiger partial charge in [0.15, 0.2) is 0 Å². The van der Waals surface area contributed by atoms with Gasteiger partial charge in [0, 0.05) is 18.3 Å². The SMILES string of the molecule is CC(C)(C1(O)C=CC(O)=CC1)C1(O)C=CC(O)=CC1. The summed E-state index contributed by atoms with van der Waals surface area (Å²) < 4.78 is 0. The van der Waals surface area contributed by atoms with E-state index in [2.05, 4.69) is 0 Å². The van der Waals surface area contributed by atoms with Crippen LogP contribution in [0.5, 0.6) is 0 Å². The van der Waals surface area contributed by atoms with Crippen LogP contribution in [0.3, 0.4) is 0 Å². The Morgan fingerprint density at radius 2 is 1.26 bits per heavy atom. The molecule has 0 spiro atoms. The van der Waals surface area contributed by atoms with Crippen molar-refractivity contribution < 1.29 is 20.4 Å². The van der Waals surface area contributed by atoms with Crippen molar-refractivity contribution in [2.24, 2.45) is 5.41 Å². The Kier molecular flexibility index (Phi) is 3.11.